The SMILES string of the molecule is [C-]#[N+]C(C#N)=Nc1cc2c(s1)-c1sc3cc(N=C(C#N)C#N)sc3c1C2(C)C. The van der Waals surface area contributed by atoms with Crippen LogP contribution in [0.15, 0.2) is 22.1 Å². The first-order chi connectivity index (χ1) is 13.4. The minimum atomic E-state index is -0.253. The molecule has 1 aliphatic carbocycles. The fourth-order valence-corrected chi connectivity index (χ4v) is 7.39. The predicted octanol–water partition coefficient (Wildman–Crippen LogP) is 5.92. The van der Waals surface area contributed by atoms with Crippen molar-refractivity contribution in [2.24, 2.45) is 9.98 Å². The zero-order valence-electron chi connectivity index (χ0n) is 14.6. The molecule has 0 unspecified atom stereocenters. The lowest BCUT2D eigenvalue weighted by atomic mass is 9.84. The van der Waals surface area contributed by atoms with Gasteiger partial charge < -0.3 is 4.85 Å². The zero-order valence-corrected chi connectivity index (χ0v) is 17.0. The molecule has 0 atom stereocenters. The third-order valence-corrected chi connectivity index (χ3v) is 7.94. The maximum atomic E-state index is 8.95. The van der Waals surface area contributed by atoms with Crippen LogP contribution >= 0.6 is 34.0 Å². The molecule has 132 valence electrons. The Morgan fingerprint density at radius 2 is 1.71 bits per heavy atom. The predicted molar refractivity (Wildman–Crippen MR) is 113 cm³/mol. The second-order valence-electron chi connectivity index (χ2n) is 6.38. The van der Waals surface area contributed by atoms with Gasteiger partial charge in [0, 0.05) is 16.2 Å². The summed E-state index contributed by atoms with van der Waals surface area (Å²) in [7, 11) is 0. The Bertz CT molecular complexity index is 1350. The van der Waals surface area contributed by atoms with Gasteiger partial charge in [-0.1, -0.05) is 36.7 Å². The third kappa shape index (κ3) is 2.54. The second-order valence-corrected chi connectivity index (χ2v) is 9.49. The maximum absolute atomic E-state index is 8.95. The lowest BCUT2D eigenvalue weighted by Gasteiger charge is -2.19. The molecule has 0 fully saturated rings. The smallest absolute Gasteiger partial charge is 0.350 e. The average molecular weight is 417 g/mol. The molecule has 0 amide bonds. The average Bonchev–Trinajstić information content (AvgIpc) is 3.38. The van der Waals surface area contributed by atoms with Gasteiger partial charge in [-0.15, -0.1) is 22.7 Å². The van der Waals surface area contributed by atoms with Crippen molar-refractivity contribution in [3.63, 3.8) is 0 Å². The molecule has 0 spiro atoms. The normalized spacial score (nSPS) is 13.7. The van der Waals surface area contributed by atoms with E-state index in [1.807, 2.05) is 12.1 Å². The molecule has 3 aromatic rings. The summed E-state index contributed by atoms with van der Waals surface area (Å²) >= 11 is 4.62. The van der Waals surface area contributed by atoms with E-state index in [4.69, 9.17) is 22.4 Å². The van der Waals surface area contributed by atoms with Crippen LogP contribution < -0.4 is 0 Å². The van der Waals surface area contributed by atoms with Crippen LogP contribution in [0.3, 0.4) is 0 Å². The van der Waals surface area contributed by atoms with Gasteiger partial charge >= 0.3 is 5.84 Å². The highest BCUT2D eigenvalue weighted by molar-refractivity contribution is 7.33. The molecular weight excluding hydrogens is 408 g/mol. The van der Waals surface area contributed by atoms with Gasteiger partial charge in [0.2, 0.25) is 10.7 Å². The van der Waals surface area contributed by atoms with Crippen LogP contribution in [0, 0.1) is 40.6 Å². The van der Waals surface area contributed by atoms with Crippen LogP contribution in [0.4, 0.5) is 10.0 Å². The quantitative estimate of drug-likeness (QED) is 0.294. The molecule has 0 aliphatic heterocycles. The molecule has 3 aromatic heterocycles. The fraction of sp³-hybridized carbons (Fsp3) is 0.158. The highest BCUT2D eigenvalue weighted by Gasteiger charge is 2.41. The van der Waals surface area contributed by atoms with E-state index in [1.165, 1.54) is 33.1 Å². The molecule has 9 heteroatoms. The Kier molecular flexibility index (Phi) is 4.11. The number of nitrogens with zero attached hydrogens (tertiary/aromatic N) is 6. The van der Waals surface area contributed by atoms with E-state index in [-0.39, 0.29) is 17.0 Å². The van der Waals surface area contributed by atoms with Crippen LogP contribution in [0.5, 0.6) is 0 Å². The lowest BCUT2D eigenvalue weighted by Crippen LogP contribution is -2.13. The van der Waals surface area contributed by atoms with Crippen molar-refractivity contribution >= 4 is 65.0 Å². The number of fused-ring (bicyclic) bond motifs is 5. The number of aliphatic imine (C=N–C) groups is 2. The molecule has 0 saturated heterocycles. The number of thiophene rings is 3. The summed E-state index contributed by atoms with van der Waals surface area (Å²) in [5.74, 6) is -0.168. The first-order valence-corrected chi connectivity index (χ1v) is 10.3. The molecule has 1 aliphatic rings. The Morgan fingerprint density at radius 1 is 1.00 bits per heavy atom. The number of hydrogen-bond acceptors (Lipinski definition) is 8. The van der Waals surface area contributed by atoms with E-state index in [2.05, 4.69) is 28.7 Å². The number of amidine groups is 1. The standard InChI is InChI=1S/C19H8N6S3/c1-19(2)10-4-13(25-12(8-22)23-3)27-16(10)18-15(19)17-11(26-18)5-14(28-17)24-9(6-20)7-21/h4-5H,1-2H3. The van der Waals surface area contributed by atoms with Crippen LogP contribution in [0.1, 0.15) is 25.0 Å². The van der Waals surface area contributed by atoms with E-state index in [0.717, 1.165) is 19.8 Å². The Morgan fingerprint density at radius 3 is 2.36 bits per heavy atom. The summed E-state index contributed by atoms with van der Waals surface area (Å²) in [6.07, 6.45) is 0. The molecule has 4 rings (SSSR count). The number of nitriles is 3. The number of hydrogen-bond donors (Lipinski definition) is 0. The molecule has 0 saturated carbocycles. The summed E-state index contributed by atoms with van der Waals surface area (Å²) in [5, 5.41) is 28.1. The molecule has 6 nitrogen and oxygen atoms in total. The van der Waals surface area contributed by atoms with Crippen molar-refractivity contribution in [1.29, 1.82) is 15.8 Å². The van der Waals surface area contributed by atoms with E-state index in [1.54, 1.807) is 29.5 Å². The second kappa shape index (κ2) is 6.37. The van der Waals surface area contributed by atoms with E-state index >= 15 is 0 Å². The highest BCUT2D eigenvalue weighted by Crippen LogP contribution is 2.60. The first kappa shape index (κ1) is 18.0. The Hall–Kier alpha value is -3.34. The topological polar surface area (TPSA) is 100 Å². The van der Waals surface area contributed by atoms with E-state index in [0.29, 0.717) is 10.0 Å². The van der Waals surface area contributed by atoms with Gasteiger partial charge in [-0.2, -0.15) is 10.5 Å². The van der Waals surface area contributed by atoms with E-state index in [9.17, 15) is 0 Å². The van der Waals surface area contributed by atoms with Gasteiger partial charge in [0.05, 0.1) is 14.5 Å². The summed E-state index contributed by atoms with van der Waals surface area (Å²) < 4.78 is 2.19. The van der Waals surface area contributed by atoms with Crippen molar-refractivity contribution in [2.75, 3.05) is 0 Å². The molecule has 0 bridgehead atoms. The maximum Gasteiger partial charge on any atom is 0.350 e. The van der Waals surface area contributed by atoms with Crippen LogP contribution in [0.2, 0.25) is 0 Å². The van der Waals surface area contributed by atoms with Gasteiger partial charge in [-0.3, -0.25) is 0 Å². The first-order valence-electron chi connectivity index (χ1n) is 7.89. The van der Waals surface area contributed by atoms with E-state index < -0.39 is 0 Å². The Balaban J connectivity index is 1.87. The van der Waals surface area contributed by atoms with Crippen LogP contribution in [-0.2, 0) is 5.41 Å². The minimum Gasteiger partial charge on any atom is -0.351 e. The van der Waals surface area contributed by atoms with Crippen molar-refractivity contribution in [3.05, 3.63) is 34.7 Å². The van der Waals surface area contributed by atoms with Gasteiger partial charge in [-0.25, -0.2) is 10.3 Å². The highest BCUT2D eigenvalue weighted by atomic mass is 32.1. The van der Waals surface area contributed by atoms with Crippen LogP contribution in [-0.4, -0.2) is 11.5 Å². The fourth-order valence-electron chi connectivity index (χ4n) is 3.22. The molecular formula is C19H8N6S3. The van der Waals surface area contributed by atoms with Crippen molar-refractivity contribution in [3.8, 4) is 28.0 Å². The summed E-state index contributed by atoms with van der Waals surface area (Å²) in [6, 6.07) is 9.25. The van der Waals surface area contributed by atoms with Gasteiger partial charge in [0.25, 0.3) is 0 Å². The molecule has 0 radical (unpaired) electrons. The lowest BCUT2D eigenvalue weighted by molar-refractivity contribution is 0.669. The largest absolute Gasteiger partial charge is 0.351 e. The zero-order chi connectivity index (χ0) is 20.1. The monoisotopic (exact) mass is 416 g/mol. The summed E-state index contributed by atoms with van der Waals surface area (Å²) in [5.41, 5.74) is 1.95. The molecule has 28 heavy (non-hydrogen) atoms. The summed E-state index contributed by atoms with van der Waals surface area (Å²) in [4.78, 5) is 13.7. The molecule has 0 N–H and O–H groups in total. The van der Waals surface area contributed by atoms with Gasteiger partial charge in [-0.05, 0) is 17.2 Å². The Labute approximate surface area is 172 Å². The number of rotatable bonds is 2. The molecule has 0 aromatic carbocycles. The van der Waals surface area contributed by atoms with Gasteiger partial charge in [0.15, 0.2) is 0 Å². The van der Waals surface area contributed by atoms with Crippen molar-refractivity contribution in [1.82, 2.24) is 0 Å². The minimum absolute atomic E-state index is 0.153. The third-order valence-electron chi connectivity index (χ3n) is 4.43. The van der Waals surface area contributed by atoms with Crippen molar-refractivity contribution in [2.45, 2.75) is 19.3 Å². The molecule has 3 heterocycles. The summed E-state index contributed by atoms with van der Waals surface area (Å²) in [6.45, 7) is 11.3. The van der Waals surface area contributed by atoms with Gasteiger partial charge in [0.1, 0.15) is 23.2 Å². The van der Waals surface area contributed by atoms with Crippen molar-refractivity contribution < 1.29 is 0 Å². The van der Waals surface area contributed by atoms with Crippen LogP contribution in [0.25, 0.3) is 24.0 Å².